The molecule has 0 radical (unpaired) electrons. The van der Waals surface area contributed by atoms with E-state index in [-0.39, 0.29) is 11.9 Å². The Hall–Kier alpha value is -1.87. The van der Waals surface area contributed by atoms with E-state index in [2.05, 4.69) is 6.92 Å². The van der Waals surface area contributed by atoms with Gasteiger partial charge in [0.05, 0.1) is 0 Å². The van der Waals surface area contributed by atoms with Crippen LogP contribution in [0.2, 0.25) is 0 Å². The number of aliphatic hydroxyl groups excluding tert-OH is 1. The van der Waals surface area contributed by atoms with Gasteiger partial charge in [-0.25, -0.2) is 4.39 Å². The van der Waals surface area contributed by atoms with Crippen LogP contribution in [0, 0.1) is 12.7 Å². The number of fused-ring (bicyclic) bond motifs is 1. The van der Waals surface area contributed by atoms with Crippen LogP contribution < -0.4 is 4.74 Å². The van der Waals surface area contributed by atoms with E-state index in [0.717, 1.165) is 11.1 Å². The molecule has 2 nitrogen and oxygen atoms in total. The van der Waals surface area contributed by atoms with E-state index in [1.165, 1.54) is 17.7 Å². The highest BCUT2D eigenvalue weighted by Gasteiger charge is 2.33. The highest BCUT2D eigenvalue weighted by atomic mass is 19.1. The molecule has 0 spiro atoms. The standard InChI is InChI=1S/C18H19FO2/c1-11-7-8-13(19)10-16(11)21-17-9-12(2)14-5-3-4-6-15(14)18(17)20/h3-8,10,12,17-18,20H,9H2,1-2H3. The summed E-state index contributed by atoms with van der Waals surface area (Å²) in [5.41, 5.74) is 2.95. The van der Waals surface area contributed by atoms with Crippen molar-refractivity contribution in [2.24, 2.45) is 0 Å². The maximum atomic E-state index is 13.4. The fourth-order valence-corrected chi connectivity index (χ4v) is 3.01. The van der Waals surface area contributed by atoms with Crippen molar-refractivity contribution in [3.8, 4) is 5.75 Å². The van der Waals surface area contributed by atoms with Crippen LogP contribution in [0.15, 0.2) is 42.5 Å². The Bertz CT molecular complexity index is 653. The van der Waals surface area contributed by atoms with E-state index in [1.807, 2.05) is 31.2 Å². The van der Waals surface area contributed by atoms with E-state index in [1.54, 1.807) is 6.07 Å². The molecule has 0 amide bonds. The number of aryl methyl sites for hydroxylation is 1. The molecule has 0 aliphatic heterocycles. The summed E-state index contributed by atoms with van der Waals surface area (Å²) in [5, 5.41) is 10.5. The lowest BCUT2D eigenvalue weighted by Gasteiger charge is -2.34. The maximum absolute atomic E-state index is 13.4. The van der Waals surface area contributed by atoms with Crippen LogP contribution in [0.1, 0.15) is 42.1 Å². The zero-order valence-electron chi connectivity index (χ0n) is 12.2. The lowest BCUT2D eigenvalue weighted by Crippen LogP contribution is -2.32. The average molecular weight is 286 g/mol. The number of benzene rings is 2. The zero-order chi connectivity index (χ0) is 15.0. The fourth-order valence-electron chi connectivity index (χ4n) is 3.01. The van der Waals surface area contributed by atoms with Crippen molar-refractivity contribution in [3.63, 3.8) is 0 Å². The van der Waals surface area contributed by atoms with Gasteiger partial charge in [0.1, 0.15) is 23.8 Å². The van der Waals surface area contributed by atoms with Gasteiger partial charge < -0.3 is 9.84 Å². The van der Waals surface area contributed by atoms with Crippen LogP contribution >= 0.6 is 0 Å². The van der Waals surface area contributed by atoms with Gasteiger partial charge in [-0.15, -0.1) is 0 Å². The van der Waals surface area contributed by atoms with Crippen molar-refractivity contribution in [2.45, 2.75) is 38.4 Å². The molecule has 3 unspecified atom stereocenters. The molecule has 0 heterocycles. The Labute approximate surface area is 124 Å². The summed E-state index contributed by atoms with van der Waals surface area (Å²) in [5.74, 6) is 0.489. The number of hydrogen-bond donors (Lipinski definition) is 1. The predicted molar refractivity (Wildman–Crippen MR) is 80.0 cm³/mol. The third kappa shape index (κ3) is 2.66. The first-order valence-electron chi connectivity index (χ1n) is 7.26. The largest absolute Gasteiger partial charge is 0.487 e. The molecular formula is C18H19FO2. The van der Waals surface area contributed by atoms with Gasteiger partial charge >= 0.3 is 0 Å². The fraction of sp³-hybridized carbons (Fsp3) is 0.333. The summed E-state index contributed by atoms with van der Waals surface area (Å²) in [6.45, 7) is 4.00. The first kappa shape index (κ1) is 14.1. The molecule has 3 heteroatoms. The second kappa shape index (κ2) is 5.49. The number of ether oxygens (including phenoxy) is 1. The summed E-state index contributed by atoms with van der Waals surface area (Å²) in [7, 11) is 0. The number of rotatable bonds is 2. The Morgan fingerprint density at radius 3 is 2.62 bits per heavy atom. The monoisotopic (exact) mass is 286 g/mol. The quantitative estimate of drug-likeness (QED) is 0.899. The normalized spacial score (nSPS) is 24.5. The van der Waals surface area contributed by atoms with Crippen LogP contribution in [0.25, 0.3) is 0 Å². The minimum absolute atomic E-state index is 0.309. The first-order chi connectivity index (χ1) is 10.1. The van der Waals surface area contributed by atoms with Gasteiger partial charge in [-0.1, -0.05) is 37.3 Å². The van der Waals surface area contributed by atoms with E-state index in [0.29, 0.717) is 18.1 Å². The molecule has 2 aromatic carbocycles. The van der Waals surface area contributed by atoms with Crippen molar-refractivity contribution in [1.82, 2.24) is 0 Å². The molecule has 21 heavy (non-hydrogen) atoms. The van der Waals surface area contributed by atoms with Crippen LogP contribution in [-0.4, -0.2) is 11.2 Å². The third-order valence-corrected chi connectivity index (χ3v) is 4.21. The van der Waals surface area contributed by atoms with Gasteiger partial charge in [0.25, 0.3) is 0 Å². The SMILES string of the molecule is Cc1ccc(F)cc1OC1CC(C)c2ccccc2C1O. The summed E-state index contributed by atoms with van der Waals surface area (Å²) >= 11 is 0. The van der Waals surface area contributed by atoms with Gasteiger partial charge in [0, 0.05) is 6.07 Å². The van der Waals surface area contributed by atoms with E-state index in [9.17, 15) is 9.50 Å². The Kier molecular flexibility index (Phi) is 3.68. The topological polar surface area (TPSA) is 29.5 Å². The summed E-state index contributed by atoms with van der Waals surface area (Å²) < 4.78 is 19.3. The van der Waals surface area contributed by atoms with E-state index >= 15 is 0 Å². The van der Waals surface area contributed by atoms with Gasteiger partial charge in [0.2, 0.25) is 0 Å². The molecule has 0 aromatic heterocycles. The van der Waals surface area contributed by atoms with Crippen LogP contribution in [0.5, 0.6) is 5.75 Å². The van der Waals surface area contributed by atoms with Gasteiger partial charge in [0.15, 0.2) is 0 Å². The molecule has 0 saturated heterocycles. The number of halogens is 1. The minimum atomic E-state index is -0.680. The molecular weight excluding hydrogens is 267 g/mol. The van der Waals surface area contributed by atoms with Gasteiger partial charge in [-0.05, 0) is 42.0 Å². The number of hydrogen-bond acceptors (Lipinski definition) is 2. The Morgan fingerprint density at radius 1 is 1.14 bits per heavy atom. The highest BCUT2D eigenvalue weighted by molar-refractivity contribution is 5.37. The molecule has 110 valence electrons. The van der Waals surface area contributed by atoms with Crippen LogP contribution in [0.4, 0.5) is 4.39 Å². The van der Waals surface area contributed by atoms with Crippen molar-refractivity contribution < 1.29 is 14.2 Å². The molecule has 1 N–H and O–H groups in total. The Balaban J connectivity index is 1.89. The summed E-state index contributed by atoms with van der Waals surface area (Å²) in [6, 6.07) is 12.4. The highest BCUT2D eigenvalue weighted by Crippen LogP contribution is 2.39. The van der Waals surface area contributed by atoms with Crippen molar-refractivity contribution in [1.29, 1.82) is 0 Å². The van der Waals surface area contributed by atoms with Crippen LogP contribution in [0.3, 0.4) is 0 Å². The van der Waals surface area contributed by atoms with Crippen molar-refractivity contribution in [3.05, 3.63) is 65.0 Å². The van der Waals surface area contributed by atoms with E-state index in [4.69, 9.17) is 4.74 Å². The predicted octanol–water partition coefficient (Wildman–Crippen LogP) is 4.12. The molecule has 2 aromatic rings. The van der Waals surface area contributed by atoms with Gasteiger partial charge in [-0.3, -0.25) is 0 Å². The Morgan fingerprint density at radius 2 is 1.86 bits per heavy atom. The third-order valence-electron chi connectivity index (χ3n) is 4.21. The summed E-state index contributed by atoms with van der Waals surface area (Å²) in [6.07, 6.45) is -0.316. The molecule has 1 aliphatic rings. The zero-order valence-corrected chi connectivity index (χ0v) is 12.2. The molecule has 0 saturated carbocycles. The average Bonchev–Trinajstić information content (AvgIpc) is 2.48. The molecule has 1 aliphatic carbocycles. The second-order valence-electron chi connectivity index (χ2n) is 5.78. The van der Waals surface area contributed by atoms with Gasteiger partial charge in [-0.2, -0.15) is 0 Å². The smallest absolute Gasteiger partial charge is 0.129 e. The van der Waals surface area contributed by atoms with E-state index < -0.39 is 6.10 Å². The maximum Gasteiger partial charge on any atom is 0.129 e. The molecule has 3 atom stereocenters. The molecule has 3 rings (SSSR count). The second-order valence-corrected chi connectivity index (χ2v) is 5.78. The van der Waals surface area contributed by atoms with Crippen molar-refractivity contribution in [2.75, 3.05) is 0 Å². The lowest BCUT2D eigenvalue weighted by atomic mass is 9.80. The van der Waals surface area contributed by atoms with Crippen molar-refractivity contribution >= 4 is 0 Å². The molecule has 0 fully saturated rings. The first-order valence-corrected chi connectivity index (χ1v) is 7.26. The molecule has 0 bridgehead atoms. The minimum Gasteiger partial charge on any atom is -0.487 e. The number of aliphatic hydroxyl groups is 1. The van der Waals surface area contributed by atoms with Crippen LogP contribution in [-0.2, 0) is 0 Å². The lowest BCUT2D eigenvalue weighted by molar-refractivity contribution is 0.0174. The summed E-state index contributed by atoms with van der Waals surface area (Å²) in [4.78, 5) is 0.